The Bertz CT molecular complexity index is 392. The smallest absolute Gasteiger partial charge is 0.234 e. The zero-order valence-electron chi connectivity index (χ0n) is 11.3. The fourth-order valence-electron chi connectivity index (χ4n) is 1.67. The van der Waals surface area contributed by atoms with Gasteiger partial charge >= 0.3 is 0 Å². The minimum absolute atomic E-state index is 0.0377. The van der Waals surface area contributed by atoms with E-state index in [9.17, 15) is 4.79 Å². The number of nitrogens with zero attached hydrogens (tertiary/aromatic N) is 2. The number of nitrogens with one attached hydrogen (secondary N) is 1. The second-order valence-corrected chi connectivity index (χ2v) is 4.58. The van der Waals surface area contributed by atoms with Crippen LogP contribution in [0.2, 0.25) is 0 Å². The monoisotopic (exact) mass is 250 g/mol. The predicted octanol–water partition coefficient (Wildman–Crippen LogP) is 1.01. The number of hydrogen-bond acceptors (Lipinski definition) is 4. The summed E-state index contributed by atoms with van der Waals surface area (Å²) in [5, 5.41) is 2.88. The molecule has 1 amide bonds. The van der Waals surface area contributed by atoms with Gasteiger partial charge in [0.2, 0.25) is 5.91 Å². The van der Waals surface area contributed by atoms with E-state index in [-0.39, 0.29) is 11.9 Å². The van der Waals surface area contributed by atoms with Crippen molar-refractivity contribution in [3.63, 3.8) is 0 Å². The predicted molar refractivity (Wildman–Crippen MR) is 72.9 cm³/mol. The van der Waals surface area contributed by atoms with Crippen molar-refractivity contribution in [3.8, 4) is 0 Å². The van der Waals surface area contributed by atoms with Gasteiger partial charge < -0.3 is 11.1 Å². The average molecular weight is 250 g/mol. The Morgan fingerprint density at radius 3 is 2.78 bits per heavy atom. The van der Waals surface area contributed by atoms with E-state index in [0.29, 0.717) is 18.9 Å². The van der Waals surface area contributed by atoms with Gasteiger partial charge in [0.25, 0.3) is 0 Å². The fourth-order valence-corrected chi connectivity index (χ4v) is 1.67. The molecule has 0 saturated heterocycles. The molecule has 0 aromatic carbocycles. The average Bonchev–Trinajstić information content (AvgIpc) is 2.27. The first kappa shape index (κ1) is 14.4. The Labute approximate surface area is 108 Å². The minimum Gasteiger partial charge on any atom is -0.384 e. The highest BCUT2D eigenvalue weighted by Gasteiger charge is 2.11. The van der Waals surface area contributed by atoms with E-state index in [2.05, 4.69) is 10.3 Å². The zero-order chi connectivity index (χ0) is 13.5. The Balaban J connectivity index is 2.54. The lowest BCUT2D eigenvalue weighted by Gasteiger charge is -2.20. The van der Waals surface area contributed by atoms with Crippen LogP contribution in [0, 0.1) is 0 Å². The number of nitrogen functional groups attached to an aromatic ring is 1. The number of aromatic nitrogens is 1. The van der Waals surface area contributed by atoms with Crippen molar-refractivity contribution in [2.75, 3.05) is 18.8 Å². The molecule has 0 radical (unpaired) electrons. The lowest BCUT2D eigenvalue weighted by molar-refractivity contribution is -0.122. The SMILES string of the molecule is CCN(CC(=O)NC(C)C)Cc1cccc(N)n1. The molecule has 0 atom stereocenters. The first-order valence-electron chi connectivity index (χ1n) is 6.24. The summed E-state index contributed by atoms with van der Waals surface area (Å²) in [7, 11) is 0. The molecule has 1 aromatic heterocycles. The maximum Gasteiger partial charge on any atom is 0.234 e. The summed E-state index contributed by atoms with van der Waals surface area (Å²) < 4.78 is 0. The summed E-state index contributed by atoms with van der Waals surface area (Å²) in [4.78, 5) is 17.9. The molecule has 0 aliphatic heterocycles. The molecular weight excluding hydrogens is 228 g/mol. The molecular formula is C13H22N4O. The first-order chi connectivity index (χ1) is 8.51. The largest absolute Gasteiger partial charge is 0.384 e. The summed E-state index contributed by atoms with van der Waals surface area (Å²) in [5.74, 6) is 0.547. The third kappa shape index (κ3) is 5.14. The van der Waals surface area contributed by atoms with Gasteiger partial charge in [-0.15, -0.1) is 0 Å². The van der Waals surface area contributed by atoms with E-state index in [1.54, 1.807) is 6.07 Å². The van der Waals surface area contributed by atoms with Gasteiger partial charge in [0.1, 0.15) is 5.82 Å². The number of likely N-dealkylation sites (N-methyl/N-ethyl adjacent to an activating group) is 1. The van der Waals surface area contributed by atoms with Crippen LogP contribution in [0.15, 0.2) is 18.2 Å². The Morgan fingerprint density at radius 2 is 2.22 bits per heavy atom. The third-order valence-electron chi connectivity index (χ3n) is 2.48. The number of nitrogens with two attached hydrogens (primary N) is 1. The number of carbonyl (C=O) groups excluding carboxylic acids is 1. The van der Waals surface area contributed by atoms with Crippen LogP contribution in [-0.2, 0) is 11.3 Å². The highest BCUT2D eigenvalue weighted by Crippen LogP contribution is 2.04. The van der Waals surface area contributed by atoms with E-state index in [0.717, 1.165) is 12.2 Å². The van der Waals surface area contributed by atoms with Gasteiger partial charge in [0.05, 0.1) is 12.2 Å². The van der Waals surface area contributed by atoms with Crippen LogP contribution >= 0.6 is 0 Å². The summed E-state index contributed by atoms with van der Waals surface area (Å²) in [6, 6.07) is 5.71. The molecule has 3 N–H and O–H groups in total. The van der Waals surface area contributed by atoms with Crippen molar-refractivity contribution in [1.82, 2.24) is 15.2 Å². The van der Waals surface area contributed by atoms with Crippen molar-refractivity contribution in [1.29, 1.82) is 0 Å². The highest BCUT2D eigenvalue weighted by molar-refractivity contribution is 5.78. The number of hydrogen-bond donors (Lipinski definition) is 2. The van der Waals surface area contributed by atoms with Crippen LogP contribution in [0.1, 0.15) is 26.5 Å². The summed E-state index contributed by atoms with van der Waals surface area (Å²) in [5.41, 5.74) is 6.52. The molecule has 0 aliphatic rings. The van der Waals surface area contributed by atoms with E-state index in [1.165, 1.54) is 0 Å². The van der Waals surface area contributed by atoms with Crippen LogP contribution in [0.3, 0.4) is 0 Å². The van der Waals surface area contributed by atoms with E-state index in [1.807, 2.05) is 37.8 Å². The normalized spacial score (nSPS) is 10.9. The van der Waals surface area contributed by atoms with Gasteiger partial charge in [-0.2, -0.15) is 0 Å². The van der Waals surface area contributed by atoms with Crippen molar-refractivity contribution >= 4 is 11.7 Å². The standard InChI is InChI=1S/C13H22N4O/c1-4-17(9-13(18)15-10(2)3)8-11-6-5-7-12(14)16-11/h5-7,10H,4,8-9H2,1-3H3,(H2,14,16)(H,15,18). The van der Waals surface area contributed by atoms with Crippen LogP contribution in [0.25, 0.3) is 0 Å². The second-order valence-electron chi connectivity index (χ2n) is 4.58. The van der Waals surface area contributed by atoms with Gasteiger partial charge in [0.15, 0.2) is 0 Å². The zero-order valence-corrected chi connectivity index (χ0v) is 11.3. The summed E-state index contributed by atoms with van der Waals surface area (Å²) in [6.07, 6.45) is 0. The van der Waals surface area contributed by atoms with Gasteiger partial charge in [-0.1, -0.05) is 13.0 Å². The maximum absolute atomic E-state index is 11.7. The fraction of sp³-hybridized carbons (Fsp3) is 0.538. The summed E-state index contributed by atoms with van der Waals surface area (Å²) >= 11 is 0. The number of amides is 1. The Morgan fingerprint density at radius 1 is 1.50 bits per heavy atom. The lowest BCUT2D eigenvalue weighted by Crippen LogP contribution is -2.39. The molecule has 0 fully saturated rings. The number of pyridine rings is 1. The molecule has 0 saturated carbocycles. The maximum atomic E-state index is 11.7. The van der Waals surface area contributed by atoms with Gasteiger partial charge in [-0.25, -0.2) is 4.98 Å². The number of carbonyl (C=O) groups is 1. The molecule has 1 rings (SSSR count). The molecule has 5 heteroatoms. The van der Waals surface area contributed by atoms with E-state index >= 15 is 0 Å². The van der Waals surface area contributed by atoms with Crippen molar-refractivity contribution in [3.05, 3.63) is 23.9 Å². The van der Waals surface area contributed by atoms with Crippen molar-refractivity contribution < 1.29 is 4.79 Å². The van der Waals surface area contributed by atoms with Crippen molar-refractivity contribution in [2.24, 2.45) is 0 Å². The van der Waals surface area contributed by atoms with Crippen LogP contribution < -0.4 is 11.1 Å². The molecule has 5 nitrogen and oxygen atoms in total. The van der Waals surface area contributed by atoms with Crippen LogP contribution in [0.5, 0.6) is 0 Å². The van der Waals surface area contributed by atoms with Crippen LogP contribution in [-0.4, -0.2) is 34.9 Å². The van der Waals surface area contributed by atoms with Gasteiger partial charge in [-0.05, 0) is 32.5 Å². The molecule has 0 unspecified atom stereocenters. The molecule has 0 spiro atoms. The first-order valence-corrected chi connectivity index (χ1v) is 6.24. The van der Waals surface area contributed by atoms with Crippen LogP contribution in [0.4, 0.5) is 5.82 Å². The molecule has 18 heavy (non-hydrogen) atoms. The number of rotatable bonds is 6. The van der Waals surface area contributed by atoms with Gasteiger partial charge in [-0.3, -0.25) is 9.69 Å². The highest BCUT2D eigenvalue weighted by atomic mass is 16.2. The number of anilines is 1. The van der Waals surface area contributed by atoms with E-state index < -0.39 is 0 Å². The topological polar surface area (TPSA) is 71.2 Å². The Kier molecular flexibility index (Phi) is 5.58. The molecule has 0 aliphatic carbocycles. The Hall–Kier alpha value is -1.62. The lowest BCUT2D eigenvalue weighted by atomic mass is 10.3. The quantitative estimate of drug-likeness (QED) is 0.790. The second kappa shape index (κ2) is 6.96. The molecule has 1 heterocycles. The van der Waals surface area contributed by atoms with Crippen molar-refractivity contribution in [2.45, 2.75) is 33.4 Å². The van der Waals surface area contributed by atoms with E-state index in [4.69, 9.17) is 5.73 Å². The third-order valence-corrected chi connectivity index (χ3v) is 2.48. The molecule has 1 aromatic rings. The minimum atomic E-state index is 0.0377. The molecule has 100 valence electrons. The molecule has 0 bridgehead atoms. The van der Waals surface area contributed by atoms with Gasteiger partial charge in [0, 0.05) is 12.6 Å². The summed E-state index contributed by atoms with van der Waals surface area (Å²) in [6.45, 7) is 7.73.